The van der Waals surface area contributed by atoms with Gasteiger partial charge in [-0.3, -0.25) is 4.72 Å². The molecule has 0 aliphatic heterocycles. The van der Waals surface area contributed by atoms with Gasteiger partial charge in [0.05, 0.1) is 11.4 Å². The van der Waals surface area contributed by atoms with Crippen LogP contribution in [0.15, 0.2) is 18.2 Å². The Morgan fingerprint density at radius 1 is 1.40 bits per heavy atom. The molecule has 0 saturated heterocycles. The van der Waals surface area contributed by atoms with Crippen LogP contribution in [0, 0.1) is 10.5 Å². The smallest absolute Gasteiger partial charge is 0.232 e. The highest BCUT2D eigenvalue weighted by molar-refractivity contribution is 14.1. The molecule has 0 aliphatic rings. The van der Waals surface area contributed by atoms with Crippen LogP contribution < -0.4 is 4.72 Å². The van der Waals surface area contributed by atoms with Crippen molar-refractivity contribution in [2.75, 3.05) is 10.5 Å². The Balaban J connectivity index is 2.90. The zero-order valence-electron chi connectivity index (χ0n) is 8.75. The Labute approximate surface area is 104 Å². The van der Waals surface area contributed by atoms with E-state index in [4.69, 9.17) is 0 Å². The Bertz CT molecular complexity index is 443. The fourth-order valence-corrected chi connectivity index (χ4v) is 3.08. The molecule has 1 rings (SSSR count). The minimum Gasteiger partial charge on any atom is -0.283 e. The van der Waals surface area contributed by atoms with Crippen molar-refractivity contribution in [1.82, 2.24) is 0 Å². The average molecular weight is 339 g/mol. The molecule has 0 aliphatic carbocycles. The van der Waals surface area contributed by atoms with E-state index in [1.165, 1.54) is 0 Å². The quantitative estimate of drug-likeness (QED) is 0.858. The highest BCUT2D eigenvalue weighted by Gasteiger charge is 2.09. The topological polar surface area (TPSA) is 46.2 Å². The number of anilines is 1. The monoisotopic (exact) mass is 339 g/mol. The number of aryl methyl sites for hydroxylation is 1. The van der Waals surface area contributed by atoms with E-state index in [9.17, 15) is 8.42 Å². The van der Waals surface area contributed by atoms with E-state index in [2.05, 4.69) is 27.3 Å². The summed E-state index contributed by atoms with van der Waals surface area (Å²) in [7, 11) is -3.17. The van der Waals surface area contributed by atoms with Gasteiger partial charge < -0.3 is 0 Å². The second-order valence-electron chi connectivity index (χ2n) is 3.38. The number of rotatable bonds is 4. The zero-order chi connectivity index (χ0) is 11.5. The summed E-state index contributed by atoms with van der Waals surface area (Å²) in [6.07, 6.45) is 0.624. The fourth-order valence-electron chi connectivity index (χ4n) is 1.23. The van der Waals surface area contributed by atoms with Crippen molar-refractivity contribution in [1.29, 1.82) is 0 Å². The first-order chi connectivity index (χ1) is 6.94. The standard InChI is InChI=1S/C10H14INO2S/c1-3-6-15(13,14)12-10-5-4-9(11)7-8(10)2/h4-5,7,12H,3,6H2,1-2H3. The molecule has 3 nitrogen and oxygen atoms in total. The maximum atomic E-state index is 11.5. The van der Waals surface area contributed by atoms with Gasteiger partial charge >= 0.3 is 0 Å². The van der Waals surface area contributed by atoms with Crippen LogP contribution in [-0.4, -0.2) is 14.2 Å². The van der Waals surface area contributed by atoms with Crippen LogP contribution in [0.1, 0.15) is 18.9 Å². The molecule has 0 saturated carbocycles. The van der Waals surface area contributed by atoms with E-state index in [0.29, 0.717) is 12.1 Å². The van der Waals surface area contributed by atoms with E-state index in [-0.39, 0.29) is 5.75 Å². The molecule has 0 atom stereocenters. The Kier molecular flexibility index (Phi) is 4.39. The minimum atomic E-state index is -3.17. The second kappa shape index (κ2) is 5.16. The summed E-state index contributed by atoms with van der Waals surface area (Å²) < 4.78 is 26.7. The average Bonchev–Trinajstić information content (AvgIpc) is 2.09. The van der Waals surface area contributed by atoms with Crippen molar-refractivity contribution in [2.45, 2.75) is 20.3 Å². The third kappa shape index (κ3) is 3.98. The SMILES string of the molecule is CCCS(=O)(=O)Nc1ccc(I)cc1C. The normalized spacial score (nSPS) is 11.4. The summed E-state index contributed by atoms with van der Waals surface area (Å²) in [6.45, 7) is 3.74. The Hall–Kier alpha value is -0.300. The lowest BCUT2D eigenvalue weighted by atomic mass is 10.2. The van der Waals surface area contributed by atoms with E-state index in [0.717, 1.165) is 9.13 Å². The first-order valence-corrected chi connectivity index (χ1v) is 7.44. The van der Waals surface area contributed by atoms with Gasteiger partial charge in [-0.05, 0) is 59.7 Å². The molecule has 5 heteroatoms. The van der Waals surface area contributed by atoms with E-state index < -0.39 is 10.0 Å². The zero-order valence-corrected chi connectivity index (χ0v) is 11.7. The van der Waals surface area contributed by atoms with Crippen LogP contribution >= 0.6 is 22.6 Å². The van der Waals surface area contributed by atoms with Crippen molar-refractivity contribution in [3.05, 3.63) is 27.3 Å². The van der Waals surface area contributed by atoms with Crippen molar-refractivity contribution in [2.24, 2.45) is 0 Å². The molecule has 0 bridgehead atoms. The minimum absolute atomic E-state index is 0.165. The lowest BCUT2D eigenvalue weighted by Crippen LogP contribution is -2.16. The van der Waals surface area contributed by atoms with Crippen LogP contribution in [0.2, 0.25) is 0 Å². The number of sulfonamides is 1. The molecule has 0 fully saturated rings. The van der Waals surface area contributed by atoms with Crippen LogP contribution in [0.3, 0.4) is 0 Å². The molecule has 1 aromatic carbocycles. The number of nitrogens with one attached hydrogen (secondary N) is 1. The molecule has 0 radical (unpaired) electrons. The van der Waals surface area contributed by atoms with Gasteiger partial charge in [0.2, 0.25) is 10.0 Å². The number of benzene rings is 1. The Morgan fingerprint density at radius 2 is 2.07 bits per heavy atom. The van der Waals surface area contributed by atoms with Gasteiger partial charge in [0, 0.05) is 3.57 Å². The lowest BCUT2D eigenvalue weighted by Gasteiger charge is -2.09. The van der Waals surface area contributed by atoms with Gasteiger partial charge in [0.15, 0.2) is 0 Å². The molecule has 1 aromatic rings. The van der Waals surface area contributed by atoms with Crippen molar-refractivity contribution >= 4 is 38.3 Å². The molecule has 0 amide bonds. The van der Waals surface area contributed by atoms with Crippen LogP contribution in [0.25, 0.3) is 0 Å². The molecular weight excluding hydrogens is 325 g/mol. The highest BCUT2D eigenvalue weighted by Crippen LogP contribution is 2.19. The van der Waals surface area contributed by atoms with Gasteiger partial charge in [-0.2, -0.15) is 0 Å². The predicted octanol–water partition coefficient (Wildman–Crippen LogP) is 2.75. The van der Waals surface area contributed by atoms with Gasteiger partial charge in [-0.15, -0.1) is 0 Å². The first kappa shape index (κ1) is 12.8. The van der Waals surface area contributed by atoms with Crippen molar-refractivity contribution in [3.8, 4) is 0 Å². The summed E-state index contributed by atoms with van der Waals surface area (Å²) in [4.78, 5) is 0. The molecule has 1 N–H and O–H groups in total. The van der Waals surface area contributed by atoms with Gasteiger partial charge in [-0.1, -0.05) is 6.92 Å². The third-order valence-electron chi connectivity index (χ3n) is 1.93. The molecule has 0 unspecified atom stereocenters. The maximum Gasteiger partial charge on any atom is 0.232 e. The summed E-state index contributed by atoms with van der Waals surface area (Å²) in [5, 5.41) is 0. The number of hydrogen-bond acceptors (Lipinski definition) is 2. The number of hydrogen-bond donors (Lipinski definition) is 1. The number of halogens is 1. The fraction of sp³-hybridized carbons (Fsp3) is 0.400. The van der Waals surface area contributed by atoms with E-state index >= 15 is 0 Å². The second-order valence-corrected chi connectivity index (χ2v) is 6.47. The molecule has 84 valence electrons. The predicted molar refractivity (Wildman–Crippen MR) is 71.6 cm³/mol. The van der Waals surface area contributed by atoms with E-state index in [1.807, 2.05) is 26.0 Å². The van der Waals surface area contributed by atoms with Crippen LogP contribution in [0.4, 0.5) is 5.69 Å². The summed E-state index contributed by atoms with van der Waals surface area (Å²) in [5.41, 5.74) is 1.62. The third-order valence-corrected chi connectivity index (χ3v) is 4.07. The van der Waals surface area contributed by atoms with Crippen LogP contribution in [-0.2, 0) is 10.0 Å². The molecule has 15 heavy (non-hydrogen) atoms. The molecule has 0 aromatic heterocycles. The largest absolute Gasteiger partial charge is 0.283 e. The molecule has 0 heterocycles. The summed E-state index contributed by atoms with van der Waals surface area (Å²) in [6, 6.07) is 5.63. The van der Waals surface area contributed by atoms with E-state index in [1.54, 1.807) is 6.07 Å². The first-order valence-electron chi connectivity index (χ1n) is 4.71. The van der Waals surface area contributed by atoms with Crippen LogP contribution in [0.5, 0.6) is 0 Å². The molecule has 0 spiro atoms. The Morgan fingerprint density at radius 3 is 2.60 bits per heavy atom. The van der Waals surface area contributed by atoms with Crippen molar-refractivity contribution in [3.63, 3.8) is 0 Å². The molecular formula is C10H14INO2S. The summed E-state index contributed by atoms with van der Waals surface area (Å²) in [5.74, 6) is 0.165. The maximum absolute atomic E-state index is 11.5. The lowest BCUT2D eigenvalue weighted by molar-refractivity contribution is 0.600. The van der Waals surface area contributed by atoms with Crippen molar-refractivity contribution < 1.29 is 8.42 Å². The van der Waals surface area contributed by atoms with Gasteiger partial charge in [0.25, 0.3) is 0 Å². The van der Waals surface area contributed by atoms with Gasteiger partial charge in [0.1, 0.15) is 0 Å². The summed E-state index contributed by atoms with van der Waals surface area (Å²) >= 11 is 2.20. The highest BCUT2D eigenvalue weighted by atomic mass is 127. The van der Waals surface area contributed by atoms with Gasteiger partial charge in [-0.25, -0.2) is 8.42 Å².